The monoisotopic (exact) mass is 301 g/mol. The van der Waals surface area contributed by atoms with Crippen molar-refractivity contribution in [1.29, 1.82) is 0 Å². The fourth-order valence-corrected chi connectivity index (χ4v) is 3.42. The molecule has 0 radical (unpaired) electrons. The second-order valence-corrected chi connectivity index (χ2v) is 6.93. The van der Waals surface area contributed by atoms with Gasteiger partial charge in [-0.2, -0.15) is 0 Å². The third-order valence-electron chi connectivity index (χ3n) is 4.07. The molecule has 1 aliphatic carbocycles. The number of hydrogen-bond acceptors (Lipinski definition) is 2. The highest BCUT2D eigenvalue weighted by Gasteiger charge is 2.37. The standard InChI is InChI=1S/C16H22F3NO/c1-14(2)8-3-9-15(20,11-14)10-12-4-6-13(7-5-12)21-16(17,18)19/h4-7H,3,8-11,20H2,1-2H3. The van der Waals surface area contributed by atoms with E-state index in [9.17, 15) is 13.2 Å². The van der Waals surface area contributed by atoms with E-state index in [1.54, 1.807) is 12.1 Å². The molecule has 1 atom stereocenters. The number of hydrogen-bond donors (Lipinski definition) is 1. The van der Waals surface area contributed by atoms with E-state index in [0.29, 0.717) is 6.42 Å². The van der Waals surface area contributed by atoms with Crippen LogP contribution in [0.4, 0.5) is 13.2 Å². The number of ether oxygens (including phenoxy) is 1. The smallest absolute Gasteiger partial charge is 0.406 e. The van der Waals surface area contributed by atoms with Crippen LogP contribution in [0.5, 0.6) is 5.75 Å². The molecule has 0 aromatic heterocycles. The van der Waals surface area contributed by atoms with E-state index in [-0.39, 0.29) is 16.7 Å². The van der Waals surface area contributed by atoms with Crippen LogP contribution in [0.3, 0.4) is 0 Å². The van der Waals surface area contributed by atoms with E-state index in [1.807, 2.05) is 0 Å². The predicted octanol–water partition coefficient (Wildman–Crippen LogP) is 4.43. The van der Waals surface area contributed by atoms with Crippen molar-refractivity contribution in [3.8, 4) is 5.75 Å². The first kappa shape index (κ1) is 16.1. The van der Waals surface area contributed by atoms with Crippen molar-refractivity contribution in [2.24, 2.45) is 11.1 Å². The van der Waals surface area contributed by atoms with E-state index in [4.69, 9.17) is 5.73 Å². The van der Waals surface area contributed by atoms with Gasteiger partial charge in [-0.3, -0.25) is 0 Å². The molecule has 0 amide bonds. The molecule has 2 N–H and O–H groups in total. The fraction of sp³-hybridized carbons (Fsp3) is 0.625. The van der Waals surface area contributed by atoms with Crippen LogP contribution >= 0.6 is 0 Å². The van der Waals surface area contributed by atoms with E-state index in [2.05, 4.69) is 18.6 Å². The highest BCUT2D eigenvalue weighted by molar-refractivity contribution is 5.28. The summed E-state index contributed by atoms with van der Waals surface area (Å²) >= 11 is 0. The molecule has 1 fully saturated rings. The maximum Gasteiger partial charge on any atom is 0.573 e. The molecule has 1 aromatic rings. The Bertz CT molecular complexity index is 481. The summed E-state index contributed by atoms with van der Waals surface area (Å²) in [5.41, 5.74) is 7.40. The lowest BCUT2D eigenvalue weighted by atomic mass is 9.66. The molecule has 0 heterocycles. The van der Waals surface area contributed by atoms with Gasteiger partial charge in [-0.25, -0.2) is 0 Å². The highest BCUT2D eigenvalue weighted by atomic mass is 19.4. The number of halogens is 3. The summed E-state index contributed by atoms with van der Waals surface area (Å²) < 4.78 is 40.2. The lowest BCUT2D eigenvalue weighted by molar-refractivity contribution is -0.274. The average Bonchev–Trinajstić information content (AvgIpc) is 2.27. The maximum atomic E-state index is 12.1. The first-order valence-electron chi connectivity index (χ1n) is 7.21. The Balaban J connectivity index is 2.03. The zero-order valence-corrected chi connectivity index (χ0v) is 12.5. The second-order valence-electron chi connectivity index (χ2n) is 6.93. The summed E-state index contributed by atoms with van der Waals surface area (Å²) in [6.45, 7) is 4.43. The fourth-order valence-electron chi connectivity index (χ4n) is 3.42. The molecule has 2 rings (SSSR count). The van der Waals surface area contributed by atoms with Gasteiger partial charge in [-0.1, -0.05) is 32.4 Å². The summed E-state index contributed by atoms with van der Waals surface area (Å²) in [7, 11) is 0. The molecule has 0 bridgehead atoms. The van der Waals surface area contributed by atoms with E-state index in [0.717, 1.165) is 24.8 Å². The largest absolute Gasteiger partial charge is 0.573 e. The van der Waals surface area contributed by atoms with Gasteiger partial charge in [0.15, 0.2) is 0 Å². The molecule has 1 saturated carbocycles. The van der Waals surface area contributed by atoms with Gasteiger partial charge in [0, 0.05) is 5.54 Å². The van der Waals surface area contributed by atoms with Gasteiger partial charge < -0.3 is 10.5 Å². The van der Waals surface area contributed by atoms with Crippen LogP contribution in [0.2, 0.25) is 0 Å². The van der Waals surface area contributed by atoms with E-state index in [1.165, 1.54) is 18.6 Å². The summed E-state index contributed by atoms with van der Waals surface area (Å²) in [4.78, 5) is 0. The lowest BCUT2D eigenvalue weighted by Gasteiger charge is -2.42. The Kier molecular flexibility index (Phi) is 4.24. The third-order valence-corrected chi connectivity index (χ3v) is 4.07. The first-order valence-corrected chi connectivity index (χ1v) is 7.21. The maximum absolute atomic E-state index is 12.1. The molecule has 0 spiro atoms. The highest BCUT2D eigenvalue weighted by Crippen LogP contribution is 2.41. The Hall–Kier alpha value is -1.23. The third kappa shape index (κ3) is 4.92. The van der Waals surface area contributed by atoms with Crippen molar-refractivity contribution < 1.29 is 17.9 Å². The second kappa shape index (κ2) is 5.52. The molecule has 0 aliphatic heterocycles. The van der Waals surface area contributed by atoms with Gasteiger partial charge in [0.05, 0.1) is 0 Å². The van der Waals surface area contributed by atoms with Crippen molar-refractivity contribution >= 4 is 0 Å². The molecular weight excluding hydrogens is 279 g/mol. The first-order chi connectivity index (χ1) is 9.57. The molecule has 0 saturated heterocycles. The van der Waals surface area contributed by atoms with Gasteiger partial charge in [0.2, 0.25) is 0 Å². The van der Waals surface area contributed by atoms with Gasteiger partial charge in [0.25, 0.3) is 0 Å². The van der Waals surface area contributed by atoms with Gasteiger partial charge in [-0.05, 0) is 48.8 Å². The van der Waals surface area contributed by atoms with Crippen LogP contribution < -0.4 is 10.5 Å². The number of rotatable bonds is 3. The normalized spacial score (nSPS) is 25.6. The van der Waals surface area contributed by atoms with Crippen LogP contribution in [0.15, 0.2) is 24.3 Å². The summed E-state index contributed by atoms with van der Waals surface area (Å²) in [6.07, 6.45) is 0.188. The van der Waals surface area contributed by atoms with Crippen molar-refractivity contribution in [1.82, 2.24) is 0 Å². The number of benzene rings is 1. The van der Waals surface area contributed by atoms with E-state index < -0.39 is 6.36 Å². The Morgan fingerprint density at radius 2 is 1.76 bits per heavy atom. The van der Waals surface area contributed by atoms with E-state index >= 15 is 0 Å². The Morgan fingerprint density at radius 3 is 2.29 bits per heavy atom. The zero-order valence-electron chi connectivity index (χ0n) is 12.5. The molecule has 2 nitrogen and oxygen atoms in total. The van der Waals surface area contributed by atoms with Crippen LogP contribution in [-0.2, 0) is 6.42 Å². The number of alkyl halides is 3. The molecule has 21 heavy (non-hydrogen) atoms. The van der Waals surface area contributed by atoms with Crippen LogP contribution in [0.1, 0.15) is 45.1 Å². The van der Waals surface area contributed by atoms with Crippen molar-refractivity contribution in [2.75, 3.05) is 0 Å². The predicted molar refractivity (Wildman–Crippen MR) is 76.0 cm³/mol. The van der Waals surface area contributed by atoms with Gasteiger partial charge in [-0.15, -0.1) is 13.2 Å². The molecule has 1 aromatic carbocycles. The molecule has 118 valence electrons. The Morgan fingerprint density at radius 1 is 1.14 bits per heavy atom. The van der Waals surface area contributed by atoms with Crippen LogP contribution in [0, 0.1) is 5.41 Å². The van der Waals surface area contributed by atoms with Crippen molar-refractivity contribution in [3.05, 3.63) is 29.8 Å². The van der Waals surface area contributed by atoms with Crippen molar-refractivity contribution in [2.45, 2.75) is 57.9 Å². The summed E-state index contributed by atoms with van der Waals surface area (Å²) in [5, 5.41) is 0. The summed E-state index contributed by atoms with van der Waals surface area (Å²) in [6, 6.07) is 6.02. The molecule has 1 aliphatic rings. The minimum absolute atomic E-state index is 0.193. The van der Waals surface area contributed by atoms with Crippen LogP contribution in [0.25, 0.3) is 0 Å². The number of nitrogens with two attached hydrogens (primary N) is 1. The average molecular weight is 301 g/mol. The Labute approximate surface area is 123 Å². The van der Waals surface area contributed by atoms with Crippen LogP contribution in [-0.4, -0.2) is 11.9 Å². The topological polar surface area (TPSA) is 35.2 Å². The minimum atomic E-state index is -4.65. The quantitative estimate of drug-likeness (QED) is 0.896. The zero-order chi connectivity index (χ0) is 15.7. The minimum Gasteiger partial charge on any atom is -0.406 e. The molecule has 5 heteroatoms. The molecular formula is C16H22F3NO. The van der Waals surface area contributed by atoms with Gasteiger partial charge >= 0.3 is 6.36 Å². The van der Waals surface area contributed by atoms with Crippen molar-refractivity contribution in [3.63, 3.8) is 0 Å². The SMILES string of the molecule is CC1(C)CCCC(N)(Cc2ccc(OC(F)(F)F)cc2)C1. The van der Waals surface area contributed by atoms with Gasteiger partial charge in [0.1, 0.15) is 5.75 Å². The lowest BCUT2D eigenvalue weighted by Crippen LogP contribution is -2.48. The summed E-state index contributed by atoms with van der Waals surface area (Å²) in [5.74, 6) is -0.193. The molecule has 1 unspecified atom stereocenters.